The van der Waals surface area contributed by atoms with Crippen LogP contribution in [-0.4, -0.2) is 25.3 Å². The number of amides is 1. The molecule has 10 heteroatoms. The van der Waals surface area contributed by atoms with Gasteiger partial charge in [-0.15, -0.1) is 11.3 Å². The van der Waals surface area contributed by atoms with Gasteiger partial charge in [0.25, 0.3) is 15.9 Å². The Kier molecular flexibility index (Phi) is 2.78. The summed E-state index contributed by atoms with van der Waals surface area (Å²) in [6.45, 7) is -7.71. The molecular weight excluding hydrogens is 426 g/mol. The van der Waals surface area contributed by atoms with E-state index in [4.69, 9.17) is 22.4 Å². The van der Waals surface area contributed by atoms with E-state index in [0.717, 1.165) is 11.4 Å². The molecule has 0 bridgehead atoms. The average molecular weight is 461 g/mol. The van der Waals surface area contributed by atoms with Crippen molar-refractivity contribution in [2.24, 2.45) is 0 Å². The van der Waals surface area contributed by atoms with Crippen LogP contribution in [0.5, 0.6) is 0 Å². The molecule has 3 aromatic rings. The van der Waals surface area contributed by atoms with E-state index in [0.29, 0.717) is 11.3 Å². The first-order valence-corrected chi connectivity index (χ1v) is 10.3. The number of ketones is 1. The van der Waals surface area contributed by atoms with Crippen LogP contribution in [0, 0.1) is 27.6 Å². The predicted octanol–water partition coefficient (Wildman–Crippen LogP) is 4.23. The molecule has 8 nitrogen and oxygen atoms in total. The molecule has 0 aliphatic carbocycles. The average Bonchev–Trinajstić information content (AvgIpc) is 3.47. The molecule has 158 valence electrons. The number of hydrogen-bond donors (Lipinski definition) is 2. The van der Waals surface area contributed by atoms with Crippen molar-refractivity contribution in [1.29, 1.82) is 0 Å². The van der Waals surface area contributed by atoms with E-state index in [1.807, 2.05) is 0 Å². The topological polar surface area (TPSA) is 118 Å². The number of benzene rings is 1. The van der Waals surface area contributed by atoms with Gasteiger partial charge < -0.3 is 9.83 Å². The van der Waals surface area contributed by atoms with Gasteiger partial charge >= 0.3 is 0 Å². The number of rotatable bonds is 6. The Balaban J connectivity index is 2.36. The van der Waals surface area contributed by atoms with Gasteiger partial charge in [0, 0.05) is 23.5 Å². The highest BCUT2D eigenvalue weighted by atomic mass is 32.2. The van der Waals surface area contributed by atoms with Gasteiger partial charge in [0.15, 0.2) is 8.61 Å². The Morgan fingerprint density at radius 2 is 2.10 bits per heavy atom. The normalized spacial score (nSPS) is 18.9. The maximum atomic E-state index is 13.6. The number of Topliss-reactive ketones (excluding diaryl/α,β-unsaturated/α-hetero) is 1. The molecule has 30 heavy (non-hydrogen) atoms. The largest absolute Gasteiger partial charge is 0.337 e. The zero-order valence-electron chi connectivity index (χ0n) is 28.4. The van der Waals surface area contributed by atoms with E-state index < -0.39 is 92.4 Å². The highest BCUT2D eigenvalue weighted by Crippen LogP contribution is 2.29. The summed E-state index contributed by atoms with van der Waals surface area (Å²) in [5.74, 6) is -4.20. The highest BCUT2D eigenvalue weighted by molar-refractivity contribution is 7.93. The summed E-state index contributed by atoms with van der Waals surface area (Å²) in [6, 6.07) is -1.92. The lowest BCUT2D eigenvalue weighted by molar-refractivity contribution is 0.101. The maximum Gasteiger partial charge on any atom is 0.267 e. The Morgan fingerprint density at radius 3 is 2.73 bits per heavy atom. The van der Waals surface area contributed by atoms with Crippen molar-refractivity contribution in [2.75, 3.05) is 10.0 Å². The van der Waals surface area contributed by atoms with Gasteiger partial charge in [0.1, 0.15) is 9.77 Å². The minimum Gasteiger partial charge on any atom is -0.337 e. The Bertz CT molecular complexity index is 1720. The van der Waals surface area contributed by atoms with Gasteiger partial charge in [0.05, 0.1) is 14.1 Å². The summed E-state index contributed by atoms with van der Waals surface area (Å²) in [7, 11) is -4.95. The first kappa shape index (κ1) is 10.4. The van der Waals surface area contributed by atoms with Crippen LogP contribution in [0.25, 0.3) is 0 Å². The van der Waals surface area contributed by atoms with Crippen molar-refractivity contribution < 1.29 is 40.4 Å². The van der Waals surface area contributed by atoms with Crippen LogP contribution >= 0.6 is 11.3 Å². The van der Waals surface area contributed by atoms with Gasteiger partial charge in [-0.2, -0.15) is 0 Å². The van der Waals surface area contributed by atoms with Crippen LogP contribution in [0.15, 0.2) is 32.9 Å². The van der Waals surface area contributed by atoms with Gasteiger partial charge in [-0.3, -0.25) is 9.59 Å². The second-order valence-electron chi connectivity index (χ2n) is 5.85. The second kappa shape index (κ2) is 8.04. The number of nitrogens with zero attached hydrogens (tertiary/aromatic N) is 1. The van der Waals surface area contributed by atoms with Gasteiger partial charge in [-0.1, -0.05) is 11.2 Å². The smallest absolute Gasteiger partial charge is 0.267 e. The molecule has 0 fully saturated rings. The molecule has 0 radical (unpaired) electrons. The number of aromatic nitrogens is 1. The summed E-state index contributed by atoms with van der Waals surface area (Å²) in [5.41, 5.74) is -5.16. The highest BCUT2D eigenvalue weighted by Gasteiger charge is 2.27. The fourth-order valence-electron chi connectivity index (χ4n) is 2.26. The Morgan fingerprint density at radius 1 is 1.30 bits per heavy atom. The number of carbonyl (C=O) groups is 2. The maximum absolute atomic E-state index is 13.6. The van der Waals surface area contributed by atoms with E-state index in [1.54, 1.807) is 0 Å². The summed E-state index contributed by atoms with van der Waals surface area (Å²) in [5, 5.41) is 4.27. The van der Waals surface area contributed by atoms with Gasteiger partial charge in [-0.05, 0) is 63.0 Å². The van der Waals surface area contributed by atoms with Crippen molar-refractivity contribution in [3.8, 4) is 0 Å². The Labute approximate surface area is 196 Å². The summed E-state index contributed by atoms with van der Waals surface area (Å²) in [6.07, 6.45) is 0. The SMILES string of the molecule is [2H]c1c(C(=O)C([2H])([2H])[2H])c(N([2H])C(=O)c2sccc2S(=O)(=O)N([2H])c2onc(C)c2C)c(C([2H])([2H])[2H])c([2H])c1C([2H])([2H])[2H]. The number of anilines is 2. The van der Waals surface area contributed by atoms with Gasteiger partial charge in [0.2, 0.25) is 5.88 Å². The van der Waals surface area contributed by atoms with Crippen LogP contribution in [0.3, 0.4) is 0 Å². The number of hydrogen-bond acceptors (Lipinski definition) is 7. The van der Waals surface area contributed by atoms with Crippen LogP contribution < -0.4 is 10.0 Å². The number of aryl methyl sites for hydroxylation is 1. The lowest BCUT2D eigenvalue weighted by Gasteiger charge is -2.14. The monoisotopic (exact) mass is 460 g/mol. The molecule has 0 saturated heterocycles. The lowest BCUT2D eigenvalue weighted by Crippen LogP contribution is -2.20. The number of nitrogens with one attached hydrogen (secondary N) is 2. The zero-order chi connectivity index (χ0) is 33.2. The van der Waals surface area contributed by atoms with Crippen LogP contribution in [0.1, 0.15) is 64.3 Å². The van der Waals surface area contributed by atoms with E-state index in [9.17, 15) is 18.0 Å². The summed E-state index contributed by atoms with van der Waals surface area (Å²) in [4.78, 5) is 24.9. The van der Waals surface area contributed by atoms with Crippen LogP contribution in [0.2, 0.25) is 2.82 Å². The first-order chi connectivity index (χ1) is 19.4. The first-order valence-electron chi connectivity index (χ1n) is 14.4. The van der Waals surface area contributed by atoms with Crippen molar-refractivity contribution in [3.05, 3.63) is 56.4 Å². The predicted molar refractivity (Wildman–Crippen MR) is 115 cm³/mol. The molecule has 0 aliphatic heterocycles. The van der Waals surface area contributed by atoms with Crippen molar-refractivity contribution in [3.63, 3.8) is 0 Å². The van der Waals surface area contributed by atoms with Crippen molar-refractivity contribution in [2.45, 2.75) is 39.3 Å². The third-order valence-electron chi connectivity index (χ3n) is 3.85. The minimum absolute atomic E-state index is 0.0815. The number of sulfonamides is 1. The van der Waals surface area contributed by atoms with Crippen LogP contribution in [0.4, 0.5) is 11.6 Å². The lowest BCUT2D eigenvalue weighted by atomic mass is 10.0. The third kappa shape index (κ3) is 4.14. The third-order valence-corrected chi connectivity index (χ3v) is 6.18. The van der Waals surface area contributed by atoms with Crippen molar-refractivity contribution >= 4 is 44.6 Å². The van der Waals surface area contributed by atoms with E-state index in [-0.39, 0.29) is 21.3 Å². The fourth-order valence-corrected chi connectivity index (χ4v) is 4.52. The quantitative estimate of drug-likeness (QED) is 0.532. The molecule has 0 unspecified atom stereocenters. The van der Waals surface area contributed by atoms with Crippen molar-refractivity contribution in [1.82, 2.24) is 5.16 Å². The van der Waals surface area contributed by atoms with Crippen LogP contribution in [-0.2, 0) is 10.0 Å². The van der Waals surface area contributed by atoms with E-state index in [1.165, 1.54) is 13.8 Å². The molecule has 2 N–H and O–H groups in total. The number of carbonyl (C=O) groups excluding carboxylic acids is 2. The molecule has 1 amide bonds. The molecule has 2 aromatic heterocycles. The molecular formula is C20H21N3O5S2. The molecule has 1 aromatic carbocycles. The van der Waals surface area contributed by atoms with E-state index >= 15 is 0 Å². The fraction of sp³-hybridized carbons (Fsp3) is 0.250. The summed E-state index contributed by atoms with van der Waals surface area (Å²) < 4.78 is 134. The number of thiophene rings is 1. The summed E-state index contributed by atoms with van der Waals surface area (Å²) >= 11 is 0.411. The molecule has 0 aliphatic rings. The molecule has 0 spiro atoms. The second-order valence-corrected chi connectivity index (χ2v) is 8.34. The molecule has 0 saturated carbocycles. The standard InChI is InChI=1S/C20H21N3O5S2/c1-10-8-11(2)17(15(9-10)14(5)24)21-19(25)18-16(6-7-29-18)30(26,27)23-20-12(3)13(4)22-28-20/h6-9,23H,1-5H3,(H,21,25)/i1D3,2D3,5D3,8D,9D/hD2. The zero-order valence-corrected chi connectivity index (χ0v) is 17.0. The Hall–Kier alpha value is -2.98. The molecule has 2 heterocycles. The molecule has 3 rings (SSSR count). The minimum atomic E-state index is -4.95. The van der Waals surface area contributed by atoms with E-state index in [2.05, 4.69) is 5.16 Å². The molecule has 0 atom stereocenters. The van der Waals surface area contributed by atoms with Gasteiger partial charge in [-0.25, -0.2) is 13.1 Å².